The van der Waals surface area contributed by atoms with E-state index in [2.05, 4.69) is 16.7 Å². The third kappa shape index (κ3) is 5.16. The largest absolute Gasteiger partial charge is 0.374 e. The number of rotatable bonds is 6. The van der Waals surface area contributed by atoms with E-state index >= 15 is 0 Å². The number of aryl methyl sites for hydroxylation is 2. The Balaban J connectivity index is 1.63. The molecule has 0 aromatic heterocycles. The molecule has 0 radical (unpaired) electrons. The lowest BCUT2D eigenvalue weighted by atomic mass is 10.1. The number of hydrogen-bond acceptors (Lipinski definition) is 4. The van der Waals surface area contributed by atoms with Crippen molar-refractivity contribution in [1.82, 2.24) is 4.31 Å². The van der Waals surface area contributed by atoms with E-state index < -0.39 is 16.1 Å². The molecule has 0 spiro atoms. The second-order valence-corrected chi connectivity index (χ2v) is 9.60. The minimum Gasteiger partial charge on any atom is -0.374 e. The van der Waals surface area contributed by atoms with Crippen molar-refractivity contribution in [3.05, 3.63) is 53.6 Å². The zero-order chi connectivity index (χ0) is 21.0. The molecule has 0 bridgehead atoms. The van der Waals surface area contributed by atoms with Gasteiger partial charge in [0.1, 0.15) is 6.04 Å². The van der Waals surface area contributed by atoms with Gasteiger partial charge in [-0.1, -0.05) is 24.1 Å². The van der Waals surface area contributed by atoms with Gasteiger partial charge in [0.25, 0.3) is 0 Å². The topological polar surface area (TPSA) is 78.5 Å². The average molecular weight is 416 g/mol. The van der Waals surface area contributed by atoms with Gasteiger partial charge in [-0.25, -0.2) is 8.42 Å². The molecule has 1 heterocycles. The summed E-state index contributed by atoms with van der Waals surface area (Å²) in [7, 11) is -3.46. The molecule has 7 heteroatoms. The molecule has 3 rings (SSSR count). The number of carbonyl (C=O) groups is 1. The van der Waals surface area contributed by atoms with Crippen LogP contribution in [0.4, 0.5) is 11.4 Å². The Bertz CT molecular complexity index is 965. The number of anilines is 2. The van der Waals surface area contributed by atoms with Crippen molar-refractivity contribution in [2.45, 2.75) is 51.0 Å². The molecule has 1 atom stereocenters. The van der Waals surface area contributed by atoms with Crippen LogP contribution in [0.15, 0.2) is 47.4 Å². The number of benzene rings is 2. The lowest BCUT2D eigenvalue weighted by Crippen LogP contribution is -2.35. The van der Waals surface area contributed by atoms with E-state index in [-0.39, 0.29) is 10.8 Å². The summed E-state index contributed by atoms with van der Waals surface area (Å²) in [6.07, 6.45) is 2.88. The Hall–Kier alpha value is -2.38. The SMILES string of the molecule is Cc1ccc(NC(C)C(=O)Nc2ccc(S(=O)(=O)N3CCCCC3)cc2)c(C)c1. The molecule has 1 aliphatic heterocycles. The van der Waals surface area contributed by atoms with Crippen molar-refractivity contribution in [3.8, 4) is 0 Å². The maximum Gasteiger partial charge on any atom is 0.246 e. The van der Waals surface area contributed by atoms with Crippen LogP contribution in [0, 0.1) is 13.8 Å². The average Bonchev–Trinajstić information content (AvgIpc) is 2.71. The zero-order valence-corrected chi connectivity index (χ0v) is 18.1. The van der Waals surface area contributed by atoms with Crippen molar-refractivity contribution in [1.29, 1.82) is 0 Å². The maximum atomic E-state index is 12.7. The summed E-state index contributed by atoms with van der Waals surface area (Å²) in [4.78, 5) is 12.8. The monoisotopic (exact) mass is 415 g/mol. The Kier molecular flexibility index (Phi) is 6.59. The fourth-order valence-electron chi connectivity index (χ4n) is 3.49. The molecule has 1 fully saturated rings. The molecule has 1 saturated heterocycles. The van der Waals surface area contributed by atoms with Crippen LogP contribution in [0.5, 0.6) is 0 Å². The van der Waals surface area contributed by atoms with Gasteiger partial charge in [-0.15, -0.1) is 0 Å². The number of carbonyl (C=O) groups excluding carboxylic acids is 1. The van der Waals surface area contributed by atoms with Crippen LogP contribution < -0.4 is 10.6 Å². The Morgan fingerprint density at radius 1 is 1.00 bits per heavy atom. The predicted molar refractivity (Wildman–Crippen MR) is 117 cm³/mol. The van der Waals surface area contributed by atoms with Crippen LogP contribution in [-0.4, -0.2) is 37.8 Å². The summed E-state index contributed by atoms with van der Waals surface area (Å²) in [5, 5.41) is 6.06. The van der Waals surface area contributed by atoms with Gasteiger partial charge in [0.2, 0.25) is 15.9 Å². The number of amides is 1. The molecule has 1 amide bonds. The van der Waals surface area contributed by atoms with E-state index in [1.165, 1.54) is 5.56 Å². The Morgan fingerprint density at radius 3 is 2.28 bits per heavy atom. The molecule has 29 heavy (non-hydrogen) atoms. The van der Waals surface area contributed by atoms with Crippen LogP contribution >= 0.6 is 0 Å². The van der Waals surface area contributed by atoms with Crippen LogP contribution in [0.25, 0.3) is 0 Å². The smallest absolute Gasteiger partial charge is 0.246 e. The van der Waals surface area contributed by atoms with Crippen LogP contribution in [0.3, 0.4) is 0 Å². The van der Waals surface area contributed by atoms with Crippen molar-refractivity contribution in [3.63, 3.8) is 0 Å². The Morgan fingerprint density at radius 2 is 1.66 bits per heavy atom. The van der Waals surface area contributed by atoms with Crippen LogP contribution in [-0.2, 0) is 14.8 Å². The quantitative estimate of drug-likeness (QED) is 0.750. The number of hydrogen-bond donors (Lipinski definition) is 2. The first kappa shape index (κ1) is 21.3. The summed E-state index contributed by atoms with van der Waals surface area (Å²) in [5.74, 6) is -0.184. The lowest BCUT2D eigenvalue weighted by molar-refractivity contribution is -0.116. The minimum absolute atomic E-state index is 0.184. The van der Waals surface area contributed by atoms with E-state index in [4.69, 9.17) is 0 Å². The van der Waals surface area contributed by atoms with Crippen molar-refractivity contribution < 1.29 is 13.2 Å². The van der Waals surface area contributed by atoms with E-state index in [0.717, 1.165) is 30.5 Å². The molecule has 2 aromatic rings. The standard InChI is InChI=1S/C22H29N3O3S/c1-16-7-12-21(17(2)15-16)23-18(3)22(26)24-19-8-10-20(11-9-19)29(27,28)25-13-5-4-6-14-25/h7-12,15,18,23H,4-6,13-14H2,1-3H3,(H,24,26). The Labute approximate surface area is 173 Å². The van der Waals surface area contributed by atoms with Gasteiger partial charge in [0.05, 0.1) is 4.90 Å². The van der Waals surface area contributed by atoms with Gasteiger partial charge >= 0.3 is 0 Å². The number of nitrogens with one attached hydrogen (secondary N) is 2. The van der Waals surface area contributed by atoms with E-state index in [9.17, 15) is 13.2 Å². The van der Waals surface area contributed by atoms with Crippen molar-refractivity contribution in [2.75, 3.05) is 23.7 Å². The van der Waals surface area contributed by atoms with Gasteiger partial charge in [-0.2, -0.15) is 4.31 Å². The highest BCUT2D eigenvalue weighted by molar-refractivity contribution is 7.89. The number of nitrogens with zero attached hydrogens (tertiary/aromatic N) is 1. The zero-order valence-electron chi connectivity index (χ0n) is 17.2. The molecule has 2 N–H and O–H groups in total. The molecule has 0 aliphatic carbocycles. The van der Waals surface area contributed by atoms with E-state index in [1.807, 2.05) is 26.0 Å². The first-order valence-electron chi connectivity index (χ1n) is 10.0. The van der Waals surface area contributed by atoms with Gasteiger partial charge in [0, 0.05) is 24.5 Å². The van der Waals surface area contributed by atoms with Gasteiger partial charge in [-0.3, -0.25) is 4.79 Å². The fourth-order valence-corrected chi connectivity index (χ4v) is 5.01. The summed E-state index contributed by atoms with van der Waals surface area (Å²) in [6.45, 7) is 6.97. The normalized spacial score (nSPS) is 16.2. The minimum atomic E-state index is -3.46. The molecule has 156 valence electrons. The molecular weight excluding hydrogens is 386 g/mol. The number of sulfonamides is 1. The lowest BCUT2D eigenvalue weighted by Gasteiger charge is -2.25. The van der Waals surface area contributed by atoms with Crippen molar-refractivity contribution in [2.24, 2.45) is 0 Å². The van der Waals surface area contributed by atoms with Crippen LogP contribution in [0.2, 0.25) is 0 Å². The van der Waals surface area contributed by atoms with Crippen LogP contribution in [0.1, 0.15) is 37.3 Å². The molecular formula is C22H29N3O3S. The highest BCUT2D eigenvalue weighted by atomic mass is 32.2. The molecule has 2 aromatic carbocycles. The summed E-state index contributed by atoms with van der Waals surface area (Å²) in [5.41, 5.74) is 3.74. The second kappa shape index (κ2) is 8.97. The highest BCUT2D eigenvalue weighted by Crippen LogP contribution is 2.22. The highest BCUT2D eigenvalue weighted by Gasteiger charge is 2.25. The van der Waals surface area contributed by atoms with E-state index in [0.29, 0.717) is 18.8 Å². The third-order valence-corrected chi connectivity index (χ3v) is 7.13. The predicted octanol–water partition coefficient (Wildman–Crippen LogP) is 3.92. The number of piperidine rings is 1. The molecule has 1 unspecified atom stereocenters. The van der Waals surface area contributed by atoms with Gasteiger partial charge in [-0.05, 0) is 69.5 Å². The maximum absolute atomic E-state index is 12.7. The molecule has 1 aliphatic rings. The summed E-state index contributed by atoms with van der Waals surface area (Å²) in [6, 6.07) is 12.0. The van der Waals surface area contributed by atoms with Crippen molar-refractivity contribution >= 4 is 27.3 Å². The first-order valence-corrected chi connectivity index (χ1v) is 11.5. The molecule has 0 saturated carbocycles. The van der Waals surface area contributed by atoms with E-state index in [1.54, 1.807) is 35.5 Å². The third-order valence-electron chi connectivity index (χ3n) is 5.22. The van der Waals surface area contributed by atoms with Gasteiger partial charge < -0.3 is 10.6 Å². The fraction of sp³-hybridized carbons (Fsp3) is 0.409. The van der Waals surface area contributed by atoms with Gasteiger partial charge in [0.15, 0.2) is 0 Å². The summed E-state index contributed by atoms with van der Waals surface area (Å²) >= 11 is 0. The first-order chi connectivity index (χ1) is 13.8. The summed E-state index contributed by atoms with van der Waals surface area (Å²) < 4.78 is 27.0. The molecule has 6 nitrogen and oxygen atoms in total. The second-order valence-electron chi connectivity index (χ2n) is 7.66.